The van der Waals surface area contributed by atoms with Gasteiger partial charge in [-0.05, 0) is 23.1 Å². The van der Waals surface area contributed by atoms with Crippen molar-refractivity contribution in [2.45, 2.75) is 26.2 Å². The van der Waals surface area contributed by atoms with Gasteiger partial charge in [0.25, 0.3) is 0 Å². The molecule has 0 fully saturated rings. The van der Waals surface area contributed by atoms with E-state index in [1.165, 1.54) is 13.2 Å². The quantitative estimate of drug-likeness (QED) is 0.927. The third-order valence-electron chi connectivity index (χ3n) is 3.11. The third kappa shape index (κ3) is 3.03. The molecule has 0 saturated carbocycles. The lowest BCUT2D eigenvalue weighted by Crippen LogP contribution is -2.11. The zero-order valence-electron chi connectivity index (χ0n) is 12.2. The van der Waals surface area contributed by atoms with Crippen LogP contribution in [0.25, 0.3) is 11.3 Å². The molecule has 0 saturated heterocycles. The predicted octanol–water partition coefficient (Wildman–Crippen LogP) is 4.00. The first kappa shape index (κ1) is 15.4. The minimum absolute atomic E-state index is 0.121. The van der Waals surface area contributed by atoms with Gasteiger partial charge in [-0.1, -0.05) is 37.5 Å². The topological polar surface area (TPSA) is 72.6 Å². The molecule has 0 spiro atoms. The molecule has 0 radical (unpaired) electrons. The molecule has 0 bridgehead atoms. The molecule has 112 valence electrons. The standard InChI is InChI=1S/C15H16ClNO4/c1-15(2,3)8-5-9(13(20-4)10(16)6-8)11-7-12(14(18)19)21-17-11/h5-7H,1-4H3,(H,18,19). The van der Waals surface area contributed by atoms with Crippen LogP contribution in [0.3, 0.4) is 0 Å². The number of ether oxygens (including phenoxy) is 1. The summed E-state index contributed by atoms with van der Waals surface area (Å²) in [6.07, 6.45) is 0. The molecule has 0 amide bonds. The monoisotopic (exact) mass is 309 g/mol. The highest BCUT2D eigenvalue weighted by Gasteiger charge is 2.22. The lowest BCUT2D eigenvalue weighted by Gasteiger charge is -2.21. The van der Waals surface area contributed by atoms with Crippen LogP contribution in [0.1, 0.15) is 36.9 Å². The molecule has 5 nitrogen and oxygen atoms in total. The van der Waals surface area contributed by atoms with Crippen molar-refractivity contribution in [2.24, 2.45) is 0 Å². The normalized spacial score (nSPS) is 11.5. The van der Waals surface area contributed by atoms with Gasteiger partial charge >= 0.3 is 5.97 Å². The molecule has 1 heterocycles. The summed E-state index contributed by atoms with van der Waals surface area (Å²) in [5, 5.41) is 13.1. The number of aromatic carboxylic acids is 1. The number of hydrogen-bond donors (Lipinski definition) is 1. The predicted molar refractivity (Wildman–Crippen MR) is 79.2 cm³/mol. The largest absolute Gasteiger partial charge is 0.494 e. The zero-order valence-corrected chi connectivity index (χ0v) is 13.0. The van der Waals surface area contributed by atoms with E-state index in [0.717, 1.165) is 5.56 Å². The summed E-state index contributed by atoms with van der Waals surface area (Å²) in [5.74, 6) is -0.968. The van der Waals surface area contributed by atoms with Gasteiger partial charge in [0.15, 0.2) is 0 Å². The summed E-state index contributed by atoms with van der Waals surface area (Å²) in [5.41, 5.74) is 1.84. The number of rotatable bonds is 3. The number of methoxy groups -OCH3 is 1. The summed E-state index contributed by atoms with van der Waals surface area (Å²) in [7, 11) is 1.50. The van der Waals surface area contributed by atoms with Crippen LogP contribution in [0.5, 0.6) is 5.75 Å². The van der Waals surface area contributed by atoms with Gasteiger partial charge in [0.05, 0.1) is 12.1 Å². The summed E-state index contributed by atoms with van der Waals surface area (Å²) in [6, 6.07) is 5.07. The van der Waals surface area contributed by atoms with Crippen molar-refractivity contribution in [2.75, 3.05) is 7.11 Å². The molecule has 6 heteroatoms. The van der Waals surface area contributed by atoms with Gasteiger partial charge in [0, 0.05) is 11.6 Å². The average molecular weight is 310 g/mol. The van der Waals surface area contributed by atoms with Crippen molar-refractivity contribution in [1.82, 2.24) is 5.16 Å². The minimum Gasteiger partial charge on any atom is -0.494 e. The van der Waals surface area contributed by atoms with Crippen molar-refractivity contribution in [3.05, 3.63) is 34.5 Å². The number of benzene rings is 1. The number of halogens is 1. The summed E-state index contributed by atoms with van der Waals surface area (Å²) in [4.78, 5) is 10.9. The van der Waals surface area contributed by atoms with Crippen LogP contribution in [-0.2, 0) is 5.41 Å². The molecule has 0 aliphatic heterocycles. The van der Waals surface area contributed by atoms with E-state index < -0.39 is 5.97 Å². The van der Waals surface area contributed by atoms with E-state index >= 15 is 0 Å². The lowest BCUT2D eigenvalue weighted by molar-refractivity contribution is 0.0652. The van der Waals surface area contributed by atoms with Crippen LogP contribution >= 0.6 is 11.6 Å². The fourth-order valence-electron chi connectivity index (χ4n) is 1.93. The van der Waals surface area contributed by atoms with E-state index in [2.05, 4.69) is 25.9 Å². The number of carboxylic acid groups (broad SMARTS) is 1. The molecular weight excluding hydrogens is 294 g/mol. The fraction of sp³-hybridized carbons (Fsp3) is 0.333. The van der Waals surface area contributed by atoms with E-state index in [1.54, 1.807) is 0 Å². The Morgan fingerprint density at radius 1 is 1.33 bits per heavy atom. The van der Waals surface area contributed by atoms with Crippen LogP contribution in [0.2, 0.25) is 5.02 Å². The van der Waals surface area contributed by atoms with Gasteiger partial charge in [-0.2, -0.15) is 0 Å². The van der Waals surface area contributed by atoms with Gasteiger partial charge in [-0.15, -0.1) is 0 Å². The summed E-state index contributed by atoms with van der Waals surface area (Å²) in [6.45, 7) is 6.17. The van der Waals surface area contributed by atoms with Gasteiger partial charge in [0.2, 0.25) is 5.76 Å². The van der Waals surface area contributed by atoms with Crippen LogP contribution in [0.4, 0.5) is 0 Å². The molecule has 0 aliphatic carbocycles. The van der Waals surface area contributed by atoms with Crippen molar-refractivity contribution in [1.29, 1.82) is 0 Å². The number of hydrogen-bond acceptors (Lipinski definition) is 4. The van der Waals surface area contributed by atoms with Gasteiger partial charge in [-0.25, -0.2) is 4.79 Å². The maximum absolute atomic E-state index is 10.9. The van der Waals surface area contributed by atoms with Crippen LogP contribution in [0, 0.1) is 0 Å². The number of carboxylic acids is 1. The van der Waals surface area contributed by atoms with Crippen LogP contribution in [-0.4, -0.2) is 23.3 Å². The molecular formula is C15H16ClNO4. The molecule has 1 aromatic heterocycles. The highest BCUT2D eigenvalue weighted by Crippen LogP contribution is 2.40. The van der Waals surface area contributed by atoms with E-state index in [-0.39, 0.29) is 11.2 Å². The number of carbonyl (C=O) groups is 1. The summed E-state index contributed by atoms with van der Waals surface area (Å²) >= 11 is 6.26. The maximum Gasteiger partial charge on any atom is 0.374 e. The Morgan fingerprint density at radius 2 is 2.00 bits per heavy atom. The lowest BCUT2D eigenvalue weighted by atomic mass is 9.85. The number of nitrogens with zero attached hydrogens (tertiary/aromatic N) is 1. The average Bonchev–Trinajstić information content (AvgIpc) is 2.86. The van der Waals surface area contributed by atoms with Crippen LogP contribution < -0.4 is 4.74 Å². The van der Waals surface area contributed by atoms with E-state index in [0.29, 0.717) is 22.0 Å². The molecule has 2 aromatic rings. The molecule has 2 rings (SSSR count). The molecule has 0 aliphatic rings. The molecule has 1 aromatic carbocycles. The van der Waals surface area contributed by atoms with Gasteiger partial charge < -0.3 is 14.4 Å². The first-order valence-corrected chi connectivity index (χ1v) is 6.70. The van der Waals surface area contributed by atoms with Crippen molar-refractivity contribution < 1.29 is 19.2 Å². The fourth-order valence-corrected chi connectivity index (χ4v) is 2.22. The van der Waals surface area contributed by atoms with Crippen molar-refractivity contribution >= 4 is 17.6 Å². The maximum atomic E-state index is 10.9. The molecule has 0 atom stereocenters. The Morgan fingerprint density at radius 3 is 2.48 bits per heavy atom. The molecule has 0 unspecified atom stereocenters. The second kappa shape index (κ2) is 5.41. The van der Waals surface area contributed by atoms with E-state index in [1.807, 2.05) is 12.1 Å². The highest BCUT2D eigenvalue weighted by molar-refractivity contribution is 6.32. The van der Waals surface area contributed by atoms with E-state index in [9.17, 15) is 4.79 Å². The molecule has 1 N–H and O–H groups in total. The number of aromatic nitrogens is 1. The first-order valence-electron chi connectivity index (χ1n) is 6.32. The second-order valence-electron chi connectivity index (χ2n) is 5.67. The van der Waals surface area contributed by atoms with Crippen LogP contribution in [0.15, 0.2) is 22.7 Å². The van der Waals surface area contributed by atoms with Gasteiger partial charge in [-0.3, -0.25) is 0 Å². The second-order valence-corrected chi connectivity index (χ2v) is 6.08. The van der Waals surface area contributed by atoms with Crippen molar-refractivity contribution in [3.63, 3.8) is 0 Å². The highest BCUT2D eigenvalue weighted by atomic mass is 35.5. The Labute approximate surface area is 127 Å². The Bertz CT molecular complexity index is 685. The third-order valence-corrected chi connectivity index (χ3v) is 3.39. The first-order chi connectivity index (χ1) is 9.74. The van der Waals surface area contributed by atoms with Crippen molar-refractivity contribution in [3.8, 4) is 17.0 Å². The molecule has 21 heavy (non-hydrogen) atoms. The minimum atomic E-state index is -1.18. The Hall–Kier alpha value is -2.01. The SMILES string of the molecule is COc1c(Cl)cc(C(C)(C)C)cc1-c1cc(C(=O)O)on1. The van der Waals surface area contributed by atoms with Gasteiger partial charge in [0.1, 0.15) is 11.4 Å². The Kier molecular flexibility index (Phi) is 3.96. The zero-order chi connectivity index (χ0) is 15.8. The summed E-state index contributed by atoms with van der Waals surface area (Å²) < 4.78 is 10.1. The van der Waals surface area contributed by atoms with E-state index in [4.69, 9.17) is 26.0 Å². The smallest absolute Gasteiger partial charge is 0.374 e. The Balaban J connectivity index is 2.64.